The van der Waals surface area contributed by atoms with Crippen molar-refractivity contribution in [2.45, 2.75) is 38.1 Å². The molecular weight excluding hydrogens is 276 g/mol. The number of rotatable bonds is 4. The van der Waals surface area contributed by atoms with Gasteiger partial charge >= 0.3 is 0 Å². The van der Waals surface area contributed by atoms with Crippen LogP contribution in [0.15, 0.2) is 29.4 Å². The molecule has 0 aromatic carbocycles. The van der Waals surface area contributed by atoms with Crippen molar-refractivity contribution in [1.82, 2.24) is 9.29 Å². The molecule has 110 valence electrons. The zero-order valence-corrected chi connectivity index (χ0v) is 12.7. The van der Waals surface area contributed by atoms with Gasteiger partial charge in [0.05, 0.1) is 0 Å². The van der Waals surface area contributed by atoms with E-state index in [1.807, 2.05) is 13.8 Å². The van der Waals surface area contributed by atoms with Gasteiger partial charge in [0.2, 0.25) is 0 Å². The molecule has 6 heteroatoms. The maximum absolute atomic E-state index is 12.6. The van der Waals surface area contributed by atoms with Crippen LogP contribution in [0.4, 0.5) is 0 Å². The van der Waals surface area contributed by atoms with Crippen LogP contribution in [0.5, 0.6) is 0 Å². The molecule has 1 saturated heterocycles. The van der Waals surface area contributed by atoms with E-state index in [2.05, 4.69) is 4.98 Å². The molecule has 5 nitrogen and oxygen atoms in total. The fraction of sp³-hybridized carbons (Fsp3) is 0.571. The van der Waals surface area contributed by atoms with Gasteiger partial charge in [-0.2, -0.15) is 4.31 Å². The van der Waals surface area contributed by atoms with Gasteiger partial charge in [-0.05, 0) is 25.0 Å². The molecule has 1 aliphatic rings. The number of Topliss-reactive ketones (excluding diaryl/α,β-unsaturated/α-hetero) is 1. The van der Waals surface area contributed by atoms with E-state index in [1.54, 1.807) is 12.1 Å². The van der Waals surface area contributed by atoms with Gasteiger partial charge in [-0.15, -0.1) is 0 Å². The fourth-order valence-electron chi connectivity index (χ4n) is 2.70. The molecule has 0 amide bonds. The highest BCUT2D eigenvalue weighted by Crippen LogP contribution is 2.35. The molecule has 1 aromatic heterocycles. The van der Waals surface area contributed by atoms with Crippen LogP contribution in [0, 0.1) is 5.41 Å². The number of carbonyl (C=O) groups excluding carboxylic acids is 1. The second-order valence-corrected chi connectivity index (χ2v) is 7.05. The standard InChI is InChI=1S/C14H20N2O3S/c1-3-14(4-2)11-16(10-8-12(14)17)20(18,19)13-7-5-6-9-15-13/h5-7,9H,3-4,8,10-11H2,1-2H3. The molecule has 20 heavy (non-hydrogen) atoms. The summed E-state index contributed by atoms with van der Waals surface area (Å²) in [5, 5.41) is 0.0513. The van der Waals surface area contributed by atoms with E-state index in [9.17, 15) is 13.2 Å². The smallest absolute Gasteiger partial charge is 0.260 e. The van der Waals surface area contributed by atoms with Crippen molar-refractivity contribution in [3.63, 3.8) is 0 Å². The Bertz CT molecular complexity index is 580. The van der Waals surface area contributed by atoms with Crippen LogP contribution in [-0.4, -0.2) is 36.6 Å². The van der Waals surface area contributed by atoms with Gasteiger partial charge in [-0.25, -0.2) is 13.4 Å². The van der Waals surface area contributed by atoms with Gasteiger partial charge in [-0.1, -0.05) is 19.9 Å². The topological polar surface area (TPSA) is 67.3 Å². The normalized spacial score (nSPS) is 20.0. The Morgan fingerprint density at radius 1 is 1.30 bits per heavy atom. The van der Waals surface area contributed by atoms with Crippen LogP contribution in [0.1, 0.15) is 33.1 Å². The highest BCUT2D eigenvalue weighted by atomic mass is 32.2. The minimum absolute atomic E-state index is 0.0513. The minimum Gasteiger partial charge on any atom is -0.299 e. The van der Waals surface area contributed by atoms with E-state index < -0.39 is 15.4 Å². The number of nitrogens with zero attached hydrogens (tertiary/aromatic N) is 2. The third kappa shape index (κ3) is 2.50. The average Bonchev–Trinajstić information content (AvgIpc) is 2.49. The molecule has 2 heterocycles. The molecule has 1 aliphatic heterocycles. The first-order chi connectivity index (χ1) is 9.46. The van der Waals surface area contributed by atoms with Gasteiger partial charge in [0.1, 0.15) is 5.78 Å². The summed E-state index contributed by atoms with van der Waals surface area (Å²) in [6.07, 6.45) is 3.08. The largest absolute Gasteiger partial charge is 0.299 e. The molecule has 1 fully saturated rings. The zero-order chi connectivity index (χ0) is 14.8. The van der Waals surface area contributed by atoms with Crippen LogP contribution in [0.3, 0.4) is 0 Å². The first-order valence-electron chi connectivity index (χ1n) is 6.91. The van der Waals surface area contributed by atoms with Gasteiger partial charge in [0.25, 0.3) is 10.0 Å². The van der Waals surface area contributed by atoms with Crippen molar-refractivity contribution >= 4 is 15.8 Å². The summed E-state index contributed by atoms with van der Waals surface area (Å²) in [6.45, 7) is 4.40. The lowest BCUT2D eigenvalue weighted by Gasteiger charge is -2.39. The van der Waals surface area contributed by atoms with Crippen molar-refractivity contribution in [3.05, 3.63) is 24.4 Å². The Morgan fingerprint density at radius 3 is 2.55 bits per heavy atom. The lowest BCUT2D eigenvalue weighted by molar-refractivity contribution is -0.132. The summed E-state index contributed by atoms with van der Waals surface area (Å²) >= 11 is 0. The van der Waals surface area contributed by atoms with Crippen LogP contribution in [0.25, 0.3) is 0 Å². The van der Waals surface area contributed by atoms with E-state index >= 15 is 0 Å². The van der Waals surface area contributed by atoms with Crippen molar-refractivity contribution in [2.75, 3.05) is 13.1 Å². The van der Waals surface area contributed by atoms with Gasteiger partial charge < -0.3 is 0 Å². The zero-order valence-electron chi connectivity index (χ0n) is 11.9. The quantitative estimate of drug-likeness (QED) is 0.850. The van der Waals surface area contributed by atoms with Crippen molar-refractivity contribution in [3.8, 4) is 0 Å². The number of pyridine rings is 1. The van der Waals surface area contributed by atoms with E-state index in [4.69, 9.17) is 0 Å². The molecule has 0 unspecified atom stereocenters. The Kier molecular flexibility index (Phi) is 4.25. The molecular formula is C14H20N2O3S. The number of piperidine rings is 1. The summed E-state index contributed by atoms with van der Waals surface area (Å²) in [4.78, 5) is 16.1. The fourth-order valence-corrected chi connectivity index (χ4v) is 4.16. The molecule has 2 rings (SSSR count). The number of sulfonamides is 1. The van der Waals surface area contributed by atoms with Gasteiger partial charge in [0, 0.05) is 31.1 Å². The predicted molar refractivity (Wildman–Crippen MR) is 75.6 cm³/mol. The first kappa shape index (κ1) is 15.1. The average molecular weight is 296 g/mol. The molecule has 0 radical (unpaired) electrons. The second kappa shape index (κ2) is 5.61. The van der Waals surface area contributed by atoms with Crippen LogP contribution >= 0.6 is 0 Å². The Labute approximate surface area is 120 Å². The third-order valence-corrected chi connectivity index (χ3v) is 6.02. The third-order valence-electron chi connectivity index (χ3n) is 4.25. The lowest BCUT2D eigenvalue weighted by atomic mass is 9.75. The second-order valence-electron chi connectivity index (χ2n) is 5.17. The molecule has 0 spiro atoms. The van der Waals surface area contributed by atoms with E-state index in [0.717, 1.165) is 0 Å². The molecule has 0 aliphatic carbocycles. The molecule has 0 N–H and O–H groups in total. The summed E-state index contributed by atoms with van der Waals surface area (Å²) in [5.41, 5.74) is -0.542. The van der Waals surface area contributed by atoms with Gasteiger partial charge in [0.15, 0.2) is 5.03 Å². The number of ketones is 1. The summed E-state index contributed by atoms with van der Waals surface area (Å²) in [6, 6.07) is 4.83. The minimum atomic E-state index is -3.61. The van der Waals surface area contributed by atoms with Crippen molar-refractivity contribution < 1.29 is 13.2 Å². The Hall–Kier alpha value is -1.27. The van der Waals surface area contributed by atoms with Crippen LogP contribution < -0.4 is 0 Å². The number of carbonyl (C=O) groups is 1. The monoisotopic (exact) mass is 296 g/mol. The van der Waals surface area contributed by atoms with E-state index in [0.29, 0.717) is 12.8 Å². The summed E-state index contributed by atoms with van der Waals surface area (Å²) in [7, 11) is -3.61. The SMILES string of the molecule is CCC1(CC)CN(S(=O)(=O)c2ccccn2)CCC1=O. The highest BCUT2D eigenvalue weighted by Gasteiger charge is 2.43. The van der Waals surface area contributed by atoms with E-state index in [-0.39, 0.29) is 30.3 Å². The predicted octanol–water partition coefficient (Wildman–Crippen LogP) is 1.85. The molecule has 0 saturated carbocycles. The number of hydrogen-bond donors (Lipinski definition) is 0. The van der Waals surface area contributed by atoms with Crippen LogP contribution in [-0.2, 0) is 14.8 Å². The Balaban J connectivity index is 2.33. The molecule has 1 aromatic rings. The summed E-state index contributed by atoms with van der Waals surface area (Å²) < 4.78 is 26.5. The molecule has 0 atom stereocenters. The van der Waals surface area contributed by atoms with Crippen molar-refractivity contribution in [1.29, 1.82) is 0 Å². The van der Waals surface area contributed by atoms with E-state index in [1.165, 1.54) is 16.6 Å². The lowest BCUT2D eigenvalue weighted by Crippen LogP contribution is -2.50. The van der Waals surface area contributed by atoms with Crippen molar-refractivity contribution in [2.24, 2.45) is 5.41 Å². The maximum Gasteiger partial charge on any atom is 0.260 e. The Morgan fingerprint density at radius 2 is 2.00 bits per heavy atom. The van der Waals surface area contributed by atoms with Crippen LogP contribution in [0.2, 0.25) is 0 Å². The number of aromatic nitrogens is 1. The highest BCUT2D eigenvalue weighted by molar-refractivity contribution is 7.89. The maximum atomic E-state index is 12.6. The first-order valence-corrected chi connectivity index (χ1v) is 8.35. The number of hydrogen-bond acceptors (Lipinski definition) is 4. The molecule has 0 bridgehead atoms. The summed E-state index contributed by atoms with van der Waals surface area (Å²) in [5.74, 6) is 0.176. The van der Waals surface area contributed by atoms with Gasteiger partial charge in [-0.3, -0.25) is 4.79 Å².